The molecule has 4 heterocycles. The maximum Gasteiger partial charge on any atom is 0.247 e. The van der Waals surface area contributed by atoms with Gasteiger partial charge in [0, 0.05) is 30.9 Å². The first kappa shape index (κ1) is 25.1. The van der Waals surface area contributed by atoms with E-state index in [1.165, 1.54) is 0 Å². The second kappa shape index (κ2) is 9.06. The summed E-state index contributed by atoms with van der Waals surface area (Å²) in [7, 11) is 1.76. The molecule has 36 heavy (non-hydrogen) atoms. The number of carbonyl (C=O) groups is 3. The van der Waals surface area contributed by atoms with Gasteiger partial charge in [0.2, 0.25) is 17.7 Å². The zero-order chi connectivity index (χ0) is 25.8. The van der Waals surface area contributed by atoms with Gasteiger partial charge in [-0.1, -0.05) is 54.6 Å². The highest BCUT2D eigenvalue weighted by atomic mass is 32.2. The molecule has 0 bridgehead atoms. The SMILES string of the molecule is CN1CC=C[C@H]2S[C@]34C=CCN(C(C)(C)C)C(=O)C3N([C@@H](CO)Cc3ccccc3)C(=O)[C@@H]4[C@H]2C1=O. The molecule has 7 nitrogen and oxygen atoms in total. The third kappa shape index (κ3) is 3.80. The topological polar surface area (TPSA) is 81.2 Å². The molecule has 192 valence electrons. The normalized spacial score (nSPS) is 32.8. The van der Waals surface area contributed by atoms with Crippen LogP contribution >= 0.6 is 11.8 Å². The average Bonchev–Trinajstić information content (AvgIpc) is 3.16. The van der Waals surface area contributed by atoms with Gasteiger partial charge in [-0.2, -0.15) is 0 Å². The fraction of sp³-hybridized carbons (Fsp3) is 0.536. The quantitative estimate of drug-likeness (QED) is 0.629. The highest BCUT2D eigenvalue weighted by Crippen LogP contribution is 2.61. The largest absolute Gasteiger partial charge is 0.394 e. The number of hydrogen-bond acceptors (Lipinski definition) is 5. The van der Waals surface area contributed by atoms with Crippen LogP contribution < -0.4 is 0 Å². The number of hydrogen-bond donors (Lipinski definition) is 1. The maximum absolute atomic E-state index is 14.4. The predicted molar refractivity (Wildman–Crippen MR) is 140 cm³/mol. The van der Waals surface area contributed by atoms with Crippen molar-refractivity contribution in [2.75, 3.05) is 26.7 Å². The number of fused-ring (bicyclic) bond motifs is 2. The minimum atomic E-state index is -0.869. The van der Waals surface area contributed by atoms with Crippen LogP contribution in [0.25, 0.3) is 0 Å². The molecule has 4 aliphatic rings. The molecule has 2 fully saturated rings. The molecular formula is C28H35N3O4S. The highest BCUT2D eigenvalue weighted by Gasteiger charge is 2.71. The summed E-state index contributed by atoms with van der Waals surface area (Å²) < 4.78 is -0.869. The van der Waals surface area contributed by atoms with Gasteiger partial charge in [-0.25, -0.2) is 0 Å². The number of rotatable bonds is 4. The molecule has 3 amide bonds. The van der Waals surface area contributed by atoms with Crippen LogP contribution in [0.5, 0.6) is 0 Å². The maximum atomic E-state index is 14.4. The summed E-state index contributed by atoms with van der Waals surface area (Å²) in [5.74, 6) is -1.60. The van der Waals surface area contributed by atoms with Crippen LogP contribution in [-0.4, -0.2) is 91.9 Å². The summed E-state index contributed by atoms with van der Waals surface area (Å²) in [6.07, 6.45) is 8.48. The molecule has 0 saturated carbocycles. The molecule has 1 unspecified atom stereocenters. The van der Waals surface area contributed by atoms with E-state index in [-0.39, 0.29) is 29.6 Å². The monoisotopic (exact) mass is 509 g/mol. The molecule has 1 N–H and O–H groups in total. The summed E-state index contributed by atoms with van der Waals surface area (Å²) in [6, 6.07) is 8.36. The molecule has 8 heteroatoms. The van der Waals surface area contributed by atoms with E-state index >= 15 is 0 Å². The van der Waals surface area contributed by atoms with Gasteiger partial charge in [0.05, 0.1) is 29.2 Å². The van der Waals surface area contributed by atoms with Gasteiger partial charge in [0.25, 0.3) is 0 Å². The third-order valence-corrected chi connectivity index (χ3v) is 9.77. The van der Waals surface area contributed by atoms with Crippen molar-refractivity contribution in [3.05, 3.63) is 60.2 Å². The van der Waals surface area contributed by atoms with Gasteiger partial charge < -0.3 is 19.8 Å². The molecule has 4 aliphatic heterocycles. The van der Waals surface area contributed by atoms with E-state index < -0.39 is 34.2 Å². The van der Waals surface area contributed by atoms with Crippen LogP contribution in [0.15, 0.2) is 54.6 Å². The Balaban J connectivity index is 1.64. The number of thioether (sulfide) groups is 1. The Morgan fingerprint density at radius 2 is 1.78 bits per heavy atom. The molecular weight excluding hydrogens is 474 g/mol. The molecule has 5 rings (SSSR count). The first-order valence-electron chi connectivity index (χ1n) is 12.7. The molecule has 0 aliphatic carbocycles. The van der Waals surface area contributed by atoms with Crippen molar-refractivity contribution in [3.8, 4) is 0 Å². The van der Waals surface area contributed by atoms with Crippen molar-refractivity contribution < 1.29 is 19.5 Å². The van der Waals surface area contributed by atoms with Gasteiger partial charge in [0.15, 0.2) is 0 Å². The number of carbonyl (C=O) groups excluding carboxylic acids is 3. The van der Waals surface area contributed by atoms with E-state index in [9.17, 15) is 19.5 Å². The molecule has 6 atom stereocenters. The van der Waals surface area contributed by atoms with Crippen LogP contribution in [0, 0.1) is 11.8 Å². The van der Waals surface area contributed by atoms with E-state index in [4.69, 9.17) is 0 Å². The number of likely N-dealkylation sites (tertiary alicyclic amines) is 1. The number of likely N-dealkylation sites (N-methyl/N-ethyl adjacent to an activating group) is 1. The molecule has 0 radical (unpaired) electrons. The van der Waals surface area contributed by atoms with E-state index in [1.807, 2.05) is 80.3 Å². The smallest absolute Gasteiger partial charge is 0.247 e. The minimum absolute atomic E-state index is 0.0605. The first-order chi connectivity index (χ1) is 17.1. The lowest BCUT2D eigenvalue weighted by Crippen LogP contribution is -2.59. The van der Waals surface area contributed by atoms with Crippen LogP contribution in [0.4, 0.5) is 0 Å². The standard InChI is InChI=1S/C28H35N3O4S/c1-27(2,3)30-15-9-13-28-22(21-20(36-28)12-8-14-29(4)24(21)33)25(34)31(23(28)26(30)35)19(17-32)16-18-10-6-5-7-11-18/h5-13,19-23,32H,14-17H2,1-4H3/t19-,20-,21+,22+,23?,28+/m1/s1. The summed E-state index contributed by atoms with van der Waals surface area (Å²) in [6.45, 7) is 6.67. The van der Waals surface area contributed by atoms with Crippen LogP contribution in [0.1, 0.15) is 26.3 Å². The summed E-state index contributed by atoms with van der Waals surface area (Å²) in [5.41, 5.74) is 0.538. The van der Waals surface area contributed by atoms with Crippen molar-refractivity contribution >= 4 is 29.5 Å². The molecule has 1 spiro atoms. The van der Waals surface area contributed by atoms with Gasteiger partial charge in [-0.15, -0.1) is 11.8 Å². The number of nitrogens with zero attached hydrogens (tertiary/aromatic N) is 3. The van der Waals surface area contributed by atoms with Crippen LogP contribution in [-0.2, 0) is 20.8 Å². The second-order valence-corrected chi connectivity index (χ2v) is 12.8. The zero-order valence-corrected chi connectivity index (χ0v) is 22.1. The second-order valence-electron chi connectivity index (χ2n) is 11.3. The van der Waals surface area contributed by atoms with Crippen molar-refractivity contribution in [3.63, 3.8) is 0 Å². The number of aliphatic hydroxyl groups is 1. The number of amides is 3. The summed E-state index contributed by atoms with van der Waals surface area (Å²) >= 11 is 1.57. The Kier molecular flexibility index (Phi) is 6.32. The van der Waals surface area contributed by atoms with Gasteiger partial charge in [-0.05, 0) is 32.8 Å². The highest BCUT2D eigenvalue weighted by molar-refractivity contribution is 8.02. The first-order valence-corrected chi connectivity index (χ1v) is 13.5. The average molecular weight is 510 g/mol. The van der Waals surface area contributed by atoms with Crippen LogP contribution in [0.3, 0.4) is 0 Å². The van der Waals surface area contributed by atoms with E-state index in [0.717, 1.165) is 5.56 Å². The van der Waals surface area contributed by atoms with Crippen molar-refractivity contribution in [2.24, 2.45) is 11.8 Å². The lowest BCUT2D eigenvalue weighted by atomic mass is 9.78. The molecule has 0 aromatic heterocycles. The lowest BCUT2D eigenvalue weighted by molar-refractivity contribution is -0.148. The fourth-order valence-electron chi connectivity index (χ4n) is 6.34. The Bertz CT molecular complexity index is 1110. The Labute approximate surface area is 217 Å². The van der Waals surface area contributed by atoms with Gasteiger partial charge >= 0.3 is 0 Å². The Morgan fingerprint density at radius 1 is 1.06 bits per heavy atom. The van der Waals surface area contributed by atoms with Crippen molar-refractivity contribution in [2.45, 2.75) is 54.8 Å². The number of aliphatic hydroxyl groups excluding tert-OH is 1. The van der Waals surface area contributed by atoms with Crippen LogP contribution in [0.2, 0.25) is 0 Å². The van der Waals surface area contributed by atoms with Gasteiger partial charge in [-0.3, -0.25) is 14.4 Å². The minimum Gasteiger partial charge on any atom is -0.394 e. The van der Waals surface area contributed by atoms with Crippen molar-refractivity contribution in [1.82, 2.24) is 14.7 Å². The molecule has 1 aromatic carbocycles. The van der Waals surface area contributed by atoms with E-state index in [1.54, 1.807) is 28.6 Å². The summed E-state index contributed by atoms with van der Waals surface area (Å²) in [5, 5.41) is 10.4. The predicted octanol–water partition coefficient (Wildman–Crippen LogP) is 2.11. The fourth-order valence-corrected chi connectivity index (χ4v) is 8.33. The van der Waals surface area contributed by atoms with Gasteiger partial charge in [0.1, 0.15) is 6.04 Å². The number of benzene rings is 1. The Morgan fingerprint density at radius 3 is 2.44 bits per heavy atom. The third-order valence-electron chi connectivity index (χ3n) is 8.03. The molecule has 2 saturated heterocycles. The summed E-state index contributed by atoms with van der Waals surface area (Å²) in [4.78, 5) is 47.4. The van der Waals surface area contributed by atoms with E-state index in [0.29, 0.717) is 19.5 Å². The lowest BCUT2D eigenvalue weighted by Gasteiger charge is -2.42. The Hall–Kier alpha value is -2.58. The molecule has 1 aromatic rings. The van der Waals surface area contributed by atoms with E-state index in [2.05, 4.69) is 0 Å². The van der Waals surface area contributed by atoms with Crippen molar-refractivity contribution in [1.29, 1.82) is 0 Å². The zero-order valence-electron chi connectivity index (χ0n) is 21.3.